The molecule has 0 saturated heterocycles. The Balaban J connectivity index is 2.35. The lowest BCUT2D eigenvalue weighted by Gasteiger charge is -2.05. The van der Waals surface area contributed by atoms with Crippen molar-refractivity contribution in [1.29, 1.82) is 0 Å². The van der Waals surface area contributed by atoms with Gasteiger partial charge in [0.25, 0.3) is 0 Å². The van der Waals surface area contributed by atoms with Crippen molar-refractivity contribution in [2.24, 2.45) is 5.92 Å². The number of anilines is 1. The monoisotopic (exact) mass is 239 g/mol. The maximum absolute atomic E-state index is 5.66. The van der Waals surface area contributed by atoms with Crippen molar-refractivity contribution in [3.05, 3.63) is 11.4 Å². The van der Waals surface area contributed by atoms with Crippen LogP contribution in [-0.4, -0.2) is 15.7 Å². The molecule has 0 aliphatic rings. The molecule has 0 aromatic carbocycles. The lowest BCUT2D eigenvalue weighted by atomic mass is 10.3. The first-order valence-corrected chi connectivity index (χ1v) is 6.67. The van der Waals surface area contributed by atoms with Crippen LogP contribution in [0.15, 0.2) is 16.5 Å². The van der Waals surface area contributed by atoms with Gasteiger partial charge >= 0.3 is 0 Å². The molecule has 0 radical (unpaired) electrons. The Morgan fingerprint density at radius 1 is 1.47 bits per heavy atom. The Kier molecular flexibility index (Phi) is 3.11. The summed E-state index contributed by atoms with van der Waals surface area (Å²) >= 11 is 3.36. The molecule has 0 aliphatic carbocycles. The van der Waals surface area contributed by atoms with Gasteiger partial charge in [0.1, 0.15) is 9.86 Å². The van der Waals surface area contributed by atoms with Crippen molar-refractivity contribution in [2.75, 3.05) is 11.5 Å². The third-order valence-electron chi connectivity index (χ3n) is 1.86. The third-order valence-corrected chi connectivity index (χ3v) is 4.09. The van der Waals surface area contributed by atoms with Crippen LogP contribution in [0.1, 0.15) is 13.8 Å². The first-order chi connectivity index (χ1) is 7.16. The summed E-state index contributed by atoms with van der Waals surface area (Å²) in [5.41, 5.74) is 5.66. The minimum atomic E-state index is 0.371. The molecular formula is C10H13N3S2. The van der Waals surface area contributed by atoms with Gasteiger partial charge in [-0.3, -0.25) is 0 Å². The summed E-state index contributed by atoms with van der Waals surface area (Å²) in [4.78, 5) is 9.46. The Bertz CT molecular complexity index is 465. The predicted molar refractivity (Wildman–Crippen MR) is 67.4 cm³/mol. The summed E-state index contributed by atoms with van der Waals surface area (Å²) < 4.78 is 0. The number of hydrogen-bond acceptors (Lipinski definition) is 5. The highest BCUT2D eigenvalue weighted by molar-refractivity contribution is 7.99. The number of nitrogens with two attached hydrogens (primary N) is 1. The molecule has 0 atom stereocenters. The van der Waals surface area contributed by atoms with E-state index in [1.807, 2.05) is 5.38 Å². The summed E-state index contributed by atoms with van der Waals surface area (Å²) in [5, 5.41) is 4.16. The van der Waals surface area contributed by atoms with Crippen LogP contribution in [0.5, 0.6) is 0 Å². The molecule has 2 N–H and O–H groups in total. The lowest BCUT2D eigenvalue weighted by molar-refractivity contribution is 0.749. The fourth-order valence-electron chi connectivity index (χ4n) is 1.20. The third kappa shape index (κ3) is 2.41. The highest BCUT2D eigenvalue weighted by Crippen LogP contribution is 2.29. The summed E-state index contributed by atoms with van der Waals surface area (Å²) in [6.07, 6.45) is 0. The average Bonchev–Trinajstić information content (AvgIpc) is 2.61. The molecule has 0 amide bonds. The summed E-state index contributed by atoms with van der Waals surface area (Å²) in [7, 11) is 0. The van der Waals surface area contributed by atoms with E-state index in [1.165, 1.54) is 0 Å². The van der Waals surface area contributed by atoms with Gasteiger partial charge < -0.3 is 5.73 Å². The number of thiophene rings is 1. The number of nitrogens with zero attached hydrogens (tertiary/aromatic N) is 2. The fraction of sp³-hybridized carbons (Fsp3) is 0.400. The van der Waals surface area contributed by atoms with Crippen molar-refractivity contribution in [1.82, 2.24) is 9.97 Å². The second-order valence-electron chi connectivity index (χ2n) is 3.73. The Hall–Kier alpha value is -0.810. The van der Waals surface area contributed by atoms with Crippen LogP contribution in [0.2, 0.25) is 0 Å². The first-order valence-electron chi connectivity index (χ1n) is 4.80. The molecule has 2 rings (SSSR count). The number of fused-ring (bicyclic) bond motifs is 1. The average molecular weight is 239 g/mol. The van der Waals surface area contributed by atoms with E-state index in [4.69, 9.17) is 5.73 Å². The molecule has 2 aromatic heterocycles. The van der Waals surface area contributed by atoms with Gasteiger partial charge in [-0.1, -0.05) is 13.8 Å². The summed E-state index contributed by atoms with van der Waals surface area (Å²) in [5.74, 6) is 2.08. The molecule has 3 nitrogen and oxygen atoms in total. The van der Waals surface area contributed by atoms with Crippen molar-refractivity contribution in [2.45, 2.75) is 18.9 Å². The van der Waals surface area contributed by atoms with Crippen molar-refractivity contribution in [3.8, 4) is 0 Å². The molecule has 15 heavy (non-hydrogen) atoms. The number of thioether (sulfide) groups is 1. The maximum Gasteiger partial charge on any atom is 0.222 e. The van der Waals surface area contributed by atoms with Gasteiger partial charge in [0, 0.05) is 11.1 Å². The van der Waals surface area contributed by atoms with Crippen LogP contribution in [0, 0.1) is 5.92 Å². The van der Waals surface area contributed by atoms with Gasteiger partial charge in [-0.15, -0.1) is 23.1 Å². The Labute approximate surface area is 97.1 Å². The Morgan fingerprint density at radius 3 is 3.00 bits per heavy atom. The fourth-order valence-corrected chi connectivity index (χ4v) is 3.00. The van der Waals surface area contributed by atoms with Crippen molar-refractivity contribution < 1.29 is 0 Å². The zero-order valence-electron chi connectivity index (χ0n) is 8.73. The van der Waals surface area contributed by atoms with Gasteiger partial charge in [-0.25, -0.2) is 9.97 Å². The number of aromatic nitrogens is 2. The molecule has 2 heterocycles. The predicted octanol–water partition coefficient (Wildman–Crippen LogP) is 3.02. The van der Waals surface area contributed by atoms with E-state index in [-0.39, 0.29) is 0 Å². The van der Waals surface area contributed by atoms with Crippen LogP contribution in [-0.2, 0) is 0 Å². The normalized spacial score (nSPS) is 11.4. The van der Waals surface area contributed by atoms with E-state index in [0.717, 1.165) is 21.0 Å². The minimum Gasteiger partial charge on any atom is -0.368 e. The van der Waals surface area contributed by atoms with E-state index in [9.17, 15) is 0 Å². The summed E-state index contributed by atoms with van der Waals surface area (Å²) in [6, 6.07) is 2.06. The first kappa shape index (κ1) is 10.7. The lowest BCUT2D eigenvalue weighted by Crippen LogP contribution is -1.97. The zero-order chi connectivity index (χ0) is 10.8. The van der Waals surface area contributed by atoms with Gasteiger partial charge in [0.2, 0.25) is 5.95 Å². The molecule has 0 aliphatic heterocycles. The smallest absolute Gasteiger partial charge is 0.222 e. The van der Waals surface area contributed by atoms with Gasteiger partial charge in [0.05, 0.1) is 0 Å². The van der Waals surface area contributed by atoms with E-state index in [0.29, 0.717) is 11.9 Å². The molecule has 0 bridgehead atoms. The van der Waals surface area contributed by atoms with Crippen molar-refractivity contribution in [3.63, 3.8) is 0 Å². The number of hydrogen-bond donors (Lipinski definition) is 1. The van der Waals surface area contributed by atoms with E-state index < -0.39 is 0 Å². The van der Waals surface area contributed by atoms with Crippen LogP contribution in [0.4, 0.5) is 5.95 Å². The van der Waals surface area contributed by atoms with E-state index >= 15 is 0 Å². The Morgan fingerprint density at radius 2 is 2.27 bits per heavy atom. The van der Waals surface area contributed by atoms with Crippen LogP contribution in [0.3, 0.4) is 0 Å². The van der Waals surface area contributed by atoms with Gasteiger partial charge in [-0.2, -0.15) is 0 Å². The van der Waals surface area contributed by atoms with Crippen LogP contribution in [0.25, 0.3) is 10.2 Å². The van der Waals surface area contributed by atoms with Crippen LogP contribution < -0.4 is 5.73 Å². The molecule has 80 valence electrons. The van der Waals surface area contributed by atoms with Crippen LogP contribution >= 0.6 is 23.1 Å². The van der Waals surface area contributed by atoms with Crippen molar-refractivity contribution >= 4 is 39.3 Å². The van der Waals surface area contributed by atoms with Gasteiger partial charge in [0.15, 0.2) is 0 Å². The number of rotatable bonds is 3. The molecule has 0 saturated carbocycles. The highest BCUT2D eigenvalue weighted by atomic mass is 32.2. The molecule has 0 spiro atoms. The summed E-state index contributed by atoms with van der Waals surface area (Å²) in [6.45, 7) is 4.39. The topological polar surface area (TPSA) is 51.8 Å². The second kappa shape index (κ2) is 4.37. The van der Waals surface area contributed by atoms with Gasteiger partial charge in [-0.05, 0) is 17.4 Å². The maximum atomic E-state index is 5.66. The molecule has 0 fully saturated rings. The standard InChI is InChI=1S/C10H13N3S2/c1-6(2)5-15-9-7-3-4-14-8(7)12-10(11)13-9/h3-4,6H,5H2,1-2H3,(H2,11,12,13). The van der Waals surface area contributed by atoms with E-state index in [2.05, 4.69) is 29.9 Å². The SMILES string of the molecule is CC(C)CSc1nc(N)nc2sccc12. The number of nitrogen functional groups attached to an aromatic ring is 1. The molecule has 5 heteroatoms. The zero-order valence-corrected chi connectivity index (χ0v) is 10.4. The second-order valence-corrected chi connectivity index (χ2v) is 5.63. The molecule has 2 aromatic rings. The van der Waals surface area contributed by atoms with E-state index in [1.54, 1.807) is 23.1 Å². The highest BCUT2D eigenvalue weighted by Gasteiger charge is 2.08. The molecule has 0 unspecified atom stereocenters. The minimum absolute atomic E-state index is 0.371. The largest absolute Gasteiger partial charge is 0.368 e. The quantitative estimate of drug-likeness (QED) is 0.661. The molecular weight excluding hydrogens is 226 g/mol.